The zero-order valence-electron chi connectivity index (χ0n) is 21.5. The number of phenols is 1. The molecule has 12 heteroatoms. The SMILES string of the molecule is C=C1[C@@H](NC(=O)c2cc(C)c(O)c(C)c2)CN(C(=O)CO)c2ccccc2N1CC(=O)N[C@H](C=O)CC(=O)O. The summed E-state index contributed by atoms with van der Waals surface area (Å²) in [5.74, 6) is -3.07. The van der Waals surface area contributed by atoms with Crippen LogP contribution >= 0.6 is 0 Å². The number of aliphatic hydroxyl groups excluding tert-OH is 1. The minimum absolute atomic E-state index is 0.0642. The van der Waals surface area contributed by atoms with Crippen molar-refractivity contribution in [3.05, 3.63) is 65.4 Å². The van der Waals surface area contributed by atoms with E-state index in [1.165, 1.54) is 21.9 Å². The summed E-state index contributed by atoms with van der Waals surface area (Å²) < 4.78 is 0. The molecule has 12 nitrogen and oxygen atoms in total. The van der Waals surface area contributed by atoms with Crippen molar-refractivity contribution in [2.24, 2.45) is 0 Å². The van der Waals surface area contributed by atoms with Crippen molar-refractivity contribution in [2.75, 3.05) is 29.5 Å². The second-order valence-corrected chi connectivity index (χ2v) is 9.12. The largest absolute Gasteiger partial charge is 0.507 e. The van der Waals surface area contributed by atoms with Gasteiger partial charge in [-0.2, -0.15) is 0 Å². The molecule has 3 rings (SSSR count). The van der Waals surface area contributed by atoms with Gasteiger partial charge in [-0.1, -0.05) is 18.7 Å². The highest BCUT2D eigenvalue weighted by atomic mass is 16.4. The number of carboxylic acids is 1. The number of phenolic OH excluding ortho intramolecular Hbond substituents is 1. The molecule has 0 aromatic heterocycles. The number of carbonyl (C=O) groups is 5. The van der Waals surface area contributed by atoms with Crippen molar-refractivity contribution in [1.29, 1.82) is 0 Å². The number of hydrogen-bond acceptors (Lipinski definition) is 8. The molecule has 0 unspecified atom stereocenters. The van der Waals surface area contributed by atoms with Crippen LogP contribution in [0.2, 0.25) is 0 Å². The van der Waals surface area contributed by atoms with Gasteiger partial charge >= 0.3 is 5.97 Å². The molecule has 206 valence electrons. The number of para-hydroxylation sites is 2. The van der Waals surface area contributed by atoms with Crippen LogP contribution < -0.4 is 20.4 Å². The van der Waals surface area contributed by atoms with Crippen LogP contribution in [0.15, 0.2) is 48.7 Å². The molecule has 1 aliphatic heterocycles. The van der Waals surface area contributed by atoms with E-state index in [-0.39, 0.29) is 23.6 Å². The fourth-order valence-electron chi connectivity index (χ4n) is 4.33. The van der Waals surface area contributed by atoms with Gasteiger partial charge in [-0.3, -0.25) is 19.2 Å². The van der Waals surface area contributed by atoms with Crippen LogP contribution in [-0.4, -0.2) is 77.1 Å². The van der Waals surface area contributed by atoms with Crippen molar-refractivity contribution in [3.8, 4) is 5.75 Å². The van der Waals surface area contributed by atoms with Crippen LogP contribution in [-0.2, 0) is 19.2 Å². The molecule has 2 aromatic carbocycles. The molecule has 0 spiro atoms. The van der Waals surface area contributed by atoms with Crippen LogP contribution in [0.5, 0.6) is 5.75 Å². The minimum atomic E-state index is -1.27. The van der Waals surface area contributed by atoms with E-state index < -0.39 is 55.3 Å². The third-order valence-corrected chi connectivity index (χ3v) is 6.28. The maximum atomic E-state index is 13.2. The Morgan fingerprint density at radius 3 is 2.31 bits per heavy atom. The van der Waals surface area contributed by atoms with Crippen LogP contribution in [0.4, 0.5) is 11.4 Å². The molecule has 1 aliphatic rings. The minimum Gasteiger partial charge on any atom is -0.507 e. The number of amides is 3. The number of fused-ring (bicyclic) bond motifs is 1. The van der Waals surface area contributed by atoms with Gasteiger partial charge in [-0.15, -0.1) is 0 Å². The summed E-state index contributed by atoms with van der Waals surface area (Å²) in [5.41, 5.74) is 2.18. The number of aliphatic carboxylic acids is 1. The summed E-state index contributed by atoms with van der Waals surface area (Å²) >= 11 is 0. The van der Waals surface area contributed by atoms with Crippen molar-refractivity contribution >= 4 is 41.4 Å². The molecule has 0 radical (unpaired) electrons. The third-order valence-electron chi connectivity index (χ3n) is 6.28. The Bertz CT molecular complexity index is 1300. The van der Waals surface area contributed by atoms with Gasteiger partial charge in [0.2, 0.25) is 5.91 Å². The van der Waals surface area contributed by atoms with Crippen LogP contribution in [0.3, 0.4) is 0 Å². The lowest BCUT2D eigenvalue weighted by atomic mass is 10.0. The van der Waals surface area contributed by atoms with E-state index in [0.717, 1.165) is 0 Å². The van der Waals surface area contributed by atoms with E-state index in [1.54, 1.807) is 38.1 Å². The number of nitrogens with zero attached hydrogens (tertiary/aromatic N) is 2. The number of carboxylic acid groups (broad SMARTS) is 1. The van der Waals surface area contributed by atoms with E-state index in [1.807, 2.05) is 0 Å². The smallest absolute Gasteiger partial charge is 0.305 e. The summed E-state index contributed by atoms with van der Waals surface area (Å²) in [6.45, 7) is 6.04. The van der Waals surface area contributed by atoms with E-state index >= 15 is 0 Å². The predicted octanol–water partition coefficient (Wildman–Crippen LogP) is 0.625. The van der Waals surface area contributed by atoms with Gasteiger partial charge in [0.05, 0.1) is 36.4 Å². The Morgan fingerprint density at radius 1 is 1.13 bits per heavy atom. The van der Waals surface area contributed by atoms with Crippen molar-refractivity contribution in [3.63, 3.8) is 0 Å². The number of aldehydes is 1. The summed E-state index contributed by atoms with van der Waals surface area (Å²) in [5, 5.41) is 33.9. The normalized spacial score (nSPS) is 15.6. The number of benzene rings is 2. The predicted molar refractivity (Wildman–Crippen MR) is 141 cm³/mol. The topological polar surface area (TPSA) is 177 Å². The molecule has 0 saturated carbocycles. The Hall–Kier alpha value is -4.71. The molecule has 2 aromatic rings. The second-order valence-electron chi connectivity index (χ2n) is 9.12. The monoisotopic (exact) mass is 538 g/mol. The average Bonchev–Trinajstić information content (AvgIpc) is 3.01. The molecule has 0 aliphatic carbocycles. The van der Waals surface area contributed by atoms with E-state index in [9.17, 15) is 34.2 Å². The second kappa shape index (κ2) is 12.2. The van der Waals surface area contributed by atoms with Crippen molar-refractivity contribution < 1.29 is 39.3 Å². The summed E-state index contributed by atoms with van der Waals surface area (Å²) in [6.07, 6.45) is -0.279. The number of aromatic hydroxyl groups is 1. The van der Waals surface area contributed by atoms with E-state index in [2.05, 4.69) is 17.2 Å². The number of anilines is 2. The van der Waals surface area contributed by atoms with Crippen LogP contribution in [0, 0.1) is 13.8 Å². The molecule has 5 N–H and O–H groups in total. The van der Waals surface area contributed by atoms with Gasteiger partial charge in [-0.25, -0.2) is 0 Å². The van der Waals surface area contributed by atoms with E-state index in [0.29, 0.717) is 28.8 Å². The van der Waals surface area contributed by atoms with Crippen LogP contribution in [0.25, 0.3) is 0 Å². The number of aliphatic hydroxyl groups is 1. The molecule has 39 heavy (non-hydrogen) atoms. The lowest BCUT2D eigenvalue weighted by molar-refractivity contribution is -0.138. The molecule has 0 saturated heterocycles. The Balaban J connectivity index is 1.98. The molecule has 0 fully saturated rings. The maximum absolute atomic E-state index is 13.2. The number of rotatable bonds is 9. The number of aryl methyl sites for hydroxylation is 2. The highest BCUT2D eigenvalue weighted by Gasteiger charge is 2.34. The fourth-order valence-corrected chi connectivity index (χ4v) is 4.33. The van der Waals surface area contributed by atoms with Gasteiger partial charge in [0, 0.05) is 11.3 Å². The molecular weight excluding hydrogens is 508 g/mol. The quantitative estimate of drug-likeness (QED) is 0.287. The number of hydrogen-bond donors (Lipinski definition) is 5. The fraction of sp³-hybridized carbons (Fsp3) is 0.296. The van der Waals surface area contributed by atoms with Gasteiger partial charge in [-0.05, 0) is 49.2 Å². The van der Waals surface area contributed by atoms with Crippen LogP contribution in [0.1, 0.15) is 27.9 Å². The van der Waals surface area contributed by atoms with Gasteiger partial charge in [0.1, 0.15) is 25.2 Å². The average molecular weight is 539 g/mol. The first kappa shape index (κ1) is 28.9. The molecule has 3 amide bonds. The number of nitrogens with one attached hydrogen (secondary N) is 2. The maximum Gasteiger partial charge on any atom is 0.305 e. The Kier molecular flexibility index (Phi) is 9.04. The first-order valence-corrected chi connectivity index (χ1v) is 12.0. The van der Waals surface area contributed by atoms with Gasteiger partial charge < -0.3 is 40.5 Å². The molecule has 1 heterocycles. The van der Waals surface area contributed by atoms with Gasteiger partial charge in [0.25, 0.3) is 11.8 Å². The molecule has 0 bridgehead atoms. The highest BCUT2D eigenvalue weighted by molar-refractivity contribution is 6.00. The lowest BCUT2D eigenvalue weighted by Gasteiger charge is -2.30. The zero-order chi connectivity index (χ0) is 28.9. The standard InChI is InChI=1S/C27H30N4O8/c1-15-8-18(9-16(2)26(15)38)27(39)29-20-11-31(24(35)14-33)22-7-5-4-6-21(22)30(17(20)3)12-23(34)28-19(13-32)10-25(36)37/h4-9,13,19-20,33,38H,3,10-12,14H2,1-2H3,(H,28,34)(H,29,39)(H,36,37)/t19-,20-/m0/s1. The summed E-state index contributed by atoms with van der Waals surface area (Å²) in [4.78, 5) is 63.9. The Labute approximate surface area is 224 Å². The third kappa shape index (κ3) is 6.60. The molecular formula is C27H30N4O8. The first-order valence-electron chi connectivity index (χ1n) is 12.0. The first-order chi connectivity index (χ1) is 18.5. The van der Waals surface area contributed by atoms with E-state index in [4.69, 9.17) is 5.11 Å². The summed E-state index contributed by atoms with van der Waals surface area (Å²) in [6, 6.07) is 7.39. The number of carbonyl (C=O) groups excluding carboxylic acids is 4. The zero-order valence-corrected chi connectivity index (χ0v) is 21.5. The van der Waals surface area contributed by atoms with Crippen molar-refractivity contribution in [1.82, 2.24) is 10.6 Å². The van der Waals surface area contributed by atoms with Gasteiger partial charge in [0.15, 0.2) is 0 Å². The molecule has 2 atom stereocenters. The Morgan fingerprint density at radius 2 is 1.74 bits per heavy atom. The summed E-state index contributed by atoms with van der Waals surface area (Å²) in [7, 11) is 0. The van der Waals surface area contributed by atoms with Crippen molar-refractivity contribution in [2.45, 2.75) is 32.4 Å². The highest BCUT2D eigenvalue weighted by Crippen LogP contribution is 2.35. The lowest BCUT2D eigenvalue weighted by Crippen LogP contribution is -2.50.